The number of carbonyl (C=O) groups excluding carboxylic acids is 1. The van der Waals surface area contributed by atoms with Crippen molar-refractivity contribution < 1.29 is 4.79 Å². The summed E-state index contributed by atoms with van der Waals surface area (Å²) in [7, 11) is 0. The number of hydrogen-bond donors (Lipinski definition) is 3. The van der Waals surface area contributed by atoms with E-state index in [0.717, 1.165) is 28.6 Å². The molecule has 2 rings (SSSR count). The number of nitrogens with one attached hydrogen (secondary N) is 2. The van der Waals surface area contributed by atoms with Crippen LogP contribution in [0.3, 0.4) is 0 Å². The molecule has 1 unspecified atom stereocenters. The minimum absolute atomic E-state index is 0.00337. The van der Waals surface area contributed by atoms with Crippen LogP contribution in [0.25, 0.3) is 0 Å². The number of amides is 1. The maximum Gasteiger partial charge on any atom is 0.242 e. The van der Waals surface area contributed by atoms with Crippen LogP contribution in [0.2, 0.25) is 0 Å². The summed E-state index contributed by atoms with van der Waals surface area (Å²) in [6, 6.07) is 5.60. The van der Waals surface area contributed by atoms with Gasteiger partial charge >= 0.3 is 0 Å². The highest BCUT2D eigenvalue weighted by Gasteiger charge is 2.25. The van der Waals surface area contributed by atoms with E-state index in [0.29, 0.717) is 11.0 Å². The SMILES string of the molecule is CC(Nc1cc(Br)ccc1C(N)=S)C(=O)NC1CC1. The van der Waals surface area contributed by atoms with Gasteiger partial charge in [0.25, 0.3) is 0 Å². The van der Waals surface area contributed by atoms with Crippen LogP contribution in [0, 0.1) is 0 Å². The summed E-state index contributed by atoms with van der Waals surface area (Å²) in [6.45, 7) is 1.82. The molecule has 19 heavy (non-hydrogen) atoms. The molecule has 0 aliphatic heterocycles. The predicted octanol–water partition coefficient (Wildman–Crippen LogP) is 2.16. The number of benzene rings is 1. The van der Waals surface area contributed by atoms with Crippen LogP contribution in [-0.2, 0) is 4.79 Å². The van der Waals surface area contributed by atoms with Gasteiger partial charge in [-0.1, -0.05) is 28.1 Å². The number of thiocarbonyl (C=S) groups is 1. The Morgan fingerprint density at radius 2 is 2.21 bits per heavy atom. The zero-order valence-electron chi connectivity index (χ0n) is 10.6. The summed E-state index contributed by atoms with van der Waals surface area (Å²) in [5, 5.41) is 6.12. The van der Waals surface area contributed by atoms with Crippen LogP contribution in [0.5, 0.6) is 0 Å². The smallest absolute Gasteiger partial charge is 0.242 e. The molecular formula is C13H16BrN3OS. The summed E-state index contributed by atoms with van der Waals surface area (Å²) in [4.78, 5) is 12.2. The van der Waals surface area contributed by atoms with Gasteiger partial charge in [-0.2, -0.15) is 0 Å². The lowest BCUT2D eigenvalue weighted by Crippen LogP contribution is -2.39. The number of carbonyl (C=O) groups is 1. The summed E-state index contributed by atoms with van der Waals surface area (Å²) >= 11 is 8.41. The Balaban J connectivity index is 2.10. The standard InChI is InChI=1S/C13H16BrN3OS/c1-7(13(18)17-9-3-4-9)16-11-6-8(14)2-5-10(11)12(15)19/h2,5-7,9,16H,3-4H2,1H3,(H2,15,19)(H,17,18). The summed E-state index contributed by atoms with van der Waals surface area (Å²) in [6.07, 6.45) is 2.15. The third-order valence-corrected chi connectivity index (χ3v) is 3.65. The predicted molar refractivity (Wildman–Crippen MR) is 84.3 cm³/mol. The summed E-state index contributed by atoms with van der Waals surface area (Å²) in [5.41, 5.74) is 7.19. The van der Waals surface area contributed by atoms with E-state index in [-0.39, 0.29) is 11.9 Å². The molecule has 1 saturated carbocycles. The van der Waals surface area contributed by atoms with Crippen LogP contribution in [0.1, 0.15) is 25.3 Å². The monoisotopic (exact) mass is 341 g/mol. The average molecular weight is 342 g/mol. The topological polar surface area (TPSA) is 67.1 Å². The largest absolute Gasteiger partial charge is 0.389 e. The van der Waals surface area contributed by atoms with Gasteiger partial charge in [-0.15, -0.1) is 0 Å². The Morgan fingerprint density at radius 1 is 1.53 bits per heavy atom. The van der Waals surface area contributed by atoms with E-state index in [1.807, 2.05) is 25.1 Å². The zero-order chi connectivity index (χ0) is 14.0. The second kappa shape index (κ2) is 5.88. The van der Waals surface area contributed by atoms with Gasteiger partial charge in [0.2, 0.25) is 5.91 Å². The first-order valence-corrected chi connectivity index (χ1v) is 7.34. The van der Waals surface area contributed by atoms with Crippen molar-refractivity contribution in [3.05, 3.63) is 28.2 Å². The fourth-order valence-corrected chi connectivity index (χ4v) is 2.24. The van der Waals surface area contributed by atoms with Crippen molar-refractivity contribution in [2.45, 2.75) is 31.8 Å². The molecule has 4 N–H and O–H groups in total. The van der Waals surface area contributed by atoms with E-state index in [1.165, 1.54) is 0 Å². The fourth-order valence-electron chi connectivity index (χ4n) is 1.70. The molecule has 0 aromatic heterocycles. The van der Waals surface area contributed by atoms with E-state index >= 15 is 0 Å². The van der Waals surface area contributed by atoms with Crippen LogP contribution < -0.4 is 16.4 Å². The van der Waals surface area contributed by atoms with Crippen molar-refractivity contribution in [3.8, 4) is 0 Å². The molecule has 0 heterocycles. The van der Waals surface area contributed by atoms with Gasteiger partial charge in [0.1, 0.15) is 11.0 Å². The first kappa shape index (κ1) is 14.3. The first-order chi connectivity index (χ1) is 8.97. The Kier molecular flexibility index (Phi) is 4.42. The van der Waals surface area contributed by atoms with E-state index in [2.05, 4.69) is 26.6 Å². The molecule has 6 heteroatoms. The second-order valence-electron chi connectivity index (χ2n) is 4.70. The molecule has 1 amide bonds. The van der Waals surface area contributed by atoms with Crippen LogP contribution >= 0.6 is 28.1 Å². The molecule has 102 valence electrons. The number of nitrogens with two attached hydrogens (primary N) is 1. The quantitative estimate of drug-likeness (QED) is 0.718. The van der Waals surface area contributed by atoms with Gasteiger partial charge in [0.15, 0.2) is 0 Å². The van der Waals surface area contributed by atoms with Gasteiger partial charge in [-0.25, -0.2) is 0 Å². The van der Waals surface area contributed by atoms with Gasteiger partial charge in [-0.3, -0.25) is 4.79 Å². The molecule has 1 aliphatic carbocycles. The highest BCUT2D eigenvalue weighted by molar-refractivity contribution is 9.10. The Labute approximate surface area is 126 Å². The Morgan fingerprint density at radius 3 is 2.79 bits per heavy atom. The van der Waals surface area contributed by atoms with Gasteiger partial charge in [-0.05, 0) is 38.0 Å². The molecule has 1 fully saturated rings. The average Bonchev–Trinajstić information content (AvgIpc) is 3.12. The minimum atomic E-state index is -0.331. The molecule has 0 bridgehead atoms. The Bertz CT molecular complexity index is 517. The molecule has 1 aromatic rings. The van der Waals surface area contributed by atoms with E-state index < -0.39 is 0 Å². The van der Waals surface area contributed by atoms with Crippen molar-refractivity contribution in [2.24, 2.45) is 5.73 Å². The molecule has 1 aliphatic rings. The molecule has 4 nitrogen and oxygen atoms in total. The lowest BCUT2D eigenvalue weighted by molar-refractivity contribution is -0.121. The fraction of sp³-hybridized carbons (Fsp3) is 0.385. The van der Waals surface area contributed by atoms with Gasteiger partial charge in [0, 0.05) is 21.8 Å². The van der Waals surface area contributed by atoms with Crippen molar-refractivity contribution in [1.82, 2.24) is 5.32 Å². The van der Waals surface area contributed by atoms with Crippen molar-refractivity contribution in [2.75, 3.05) is 5.32 Å². The normalized spacial score (nSPS) is 15.7. The maximum absolute atomic E-state index is 11.9. The van der Waals surface area contributed by atoms with E-state index in [9.17, 15) is 4.79 Å². The zero-order valence-corrected chi connectivity index (χ0v) is 13.0. The first-order valence-electron chi connectivity index (χ1n) is 6.13. The van der Waals surface area contributed by atoms with E-state index in [4.69, 9.17) is 18.0 Å². The number of anilines is 1. The second-order valence-corrected chi connectivity index (χ2v) is 6.06. The van der Waals surface area contributed by atoms with Crippen LogP contribution in [-0.4, -0.2) is 23.0 Å². The molecular weight excluding hydrogens is 326 g/mol. The Hall–Kier alpha value is -1.14. The maximum atomic E-state index is 11.9. The number of rotatable bonds is 5. The lowest BCUT2D eigenvalue weighted by Gasteiger charge is -2.17. The third kappa shape index (κ3) is 3.91. The van der Waals surface area contributed by atoms with Crippen molar-refractivity contribution in [3.63, 3.8) is 0 Å². The molecule has 0 spiro atoms. The van der Waals surface area contributed by atoms with Crippen molar-refractivity contribution in [1.29, 1.82) is 0 Å². The van der Waals surface area contributed by atoms with Gasteiger partial charge < -0.3 is 16.4 Å². The third-order valence-electron chi connectivity index (χ3n) is 2.94. The summed E-state index contributed by atoms with van der Waals surface area (Å²) < 4.78 is 0.907. The number of halogens is 1. The molecule has 0 radical (unpaired) electrons. The summed E-state index contributed by atoms with van der Waals surface area (Å²) in [5.74, 6) is -0.00337. The highest BCUT2D eigenvalue weighted by atomic mass is 79.9. The number of hydrogen-bond acceptors (Lipinski definition) is 3. The molecule has 1 aromatic carbocycles. The van der Waals surface area contributed by atoms with Crippen molar-refractivity contribution >= 4 is 44.7 Å². The highest BCUT2D eigenvalue weighted by Crippen LogP contribution is 2.23. The lowest BCUT2D eigenvalue weighted by atomic mass is 10.1. The van der Waals surface area contributed by atoms with E-state index in [1.54, 1.807) is 0 Å². The van der Waals surface area contributed by atoms with Crippen LogP contribution in [0.4, 0.5) is 5.69 Å². The van der Waals surface area contributed by atoms with Gasteiger partial charge in [0.05, 0.1) is 0 Å². The van der Waals surface area contributed by atoms with Crippen LogP contribution in [0.15, 0.2) is 22.7 Å². The molecule has 0 saturated heterocycles. The minimum Gasteiger partial charge on any atom is -0.389 e. The molecule has 1 atom stereocenters.